The van der Waals surface area contributed by atoms with Gasteiger partial charge in [0.25, 0.3) is 5.91 Å². The van der Waals surface area contributed by atoms with Crippen molar-refractivity contribution >= 4 is 43.9 Å². The van der Waals surface area contributed by atoms with Gasteiger partial charge in [-0.05, 0) is 24.3 Å². The summed E-state index contributed by atoms with van der Waals surface area (Å²) >= 11 is 2.96. The highest BCUT2D eigenvalue weighted by atomic mass is 32.1. The Morgan fingerprint density at radius 3 is 2.68 bits per heavy atom. The number of amides is 1. The number of aromatic nitrogens is 2. The van der Waals surface area contributed by atoms with E-state index in [1.165, 1.54) is 11.3 Å². The number of ether oxygens (including phenoxy) is 1. The Bertz CT molecular complexity index is 978. The number of anilines is 1. The average molecular weight is 367 g/mol. The summed E-state index contributed by atoms with van der Waals surface area (Å²) in [6.07, 6.45) is 0. The summed E-state index contributed by atoms with van der Waals surface area (Å²) in [5.41, 5.74) is 1.72. The van der Waals surface area contributed by atoms with E-state index in [0.29, 0.717) is 10.9 Å². The Labute approximate surface area is 152 Å². The highest BCUT2D eigenvalue weighted by Crippen LogP contribution is 2.31. The summed E-state index contributed by atoms with van der Waals surface area (Å²) < 4.78 is 6.54. The molecule has 0 aliphatic rings. The number of benzene rings is 2. The molecule has 25 heavy (non-hydrogen) atoms. The lowest BCUT2D eigenvalue weighted by Gasteiger charge is -2.05. The van der Waals surface area contributed by atoms with Gasteiger partial charge < -0.3 is 4.74 Å². The van der Waals surface area contributed by atoms with Gasteiger partial charge in [-0.2, -0.15) is 0 Å². The molecule has 4 rings (SSSR count). The second-order valence-corrected chi connectivity index (χ2v) is 7.06. The zero-order valence-electron chi connectivity index (χ0n) is 13.0. The van der Waals surface area contributed by atoms with Crippen molar-refractivity contribution in [3.63, 3.8) is 0 Å². The van der Waals surface area contributed by atoms with E-state index in [1.807, 2.05) is 60.0 Å². The topological polar surface area (TPSA) is 64.1 Å². The molecule has 7 heteroatoms. The third-order valence-corrected chi connectivity index (χ3v) is 5.19. The van der Waals surface area contributed by atoms with Crippen LogP contribution < -0.4 is 10.1 Å². The first-order valence-corrected chi connectivity index (χ1v) is 9.27. The second-order valence-electron chi connectivity index (χ2n) is 5.17. The monoisotopic (exact) mass is 367 g/mol. The van der Waals surface area contributed by atoms with E-state index < -0.39 is 0 Å². The molecular weight excluding hydrogens is 354 g/mol. The van der Waals surface area contributed by atoms with Crippen molar-refractivity contribution in [2.24, 2.45) is 0 Å². The summed E-state index contributed by atoms with van der Waals surface area (Å²) in [5.74, 6) is 0.418. The first-order chi connectivity index (χ1) is 12.3. The predicted molar refractivity (Wildman–Crippen MR) is 101 cm³/mol. The maximum atomic E-state index is 12.0. The fraction of sp³-hybridized carbons (Fsp3) is 0.0556. The van der Waals surface area contributed by atoms with Gasteiger partial charge in [-0.25, -0.2) is 9.97 Å². The predicted octanol–water partition coefficient (Wildman–Crippen LogP) is 4.44. The van der Waals surface area contributed by atoms with E-state index in [1.54, 1.807) is 11.3 Å². The number of rotatable bonds is 5. The van der Waals surface area contributed by atoms with Gasteiger partial charge in [-0.3, -0.25) is 10.1 Å². The summed E-state index contributed by atoms with van der Waals surface area (Å²) in [6, 6.07) is 17.2. The molecule has 0 atom stereocenters. The second kappa shape index (κ2) is 7.00. The molecule has 0 unspecified atom stereocenters. The van der Waals surface area contributed by atoms with E-state index in [2.05, 4.69) is 15.3 Å². The Hall–Kier alpha value is -2.77. The molecule has 1 amide bonds. The smallest absolute Gasteiger partial charge is 0.264 e. The average Bonchev–Trinajstić information content (AvgIpc) is 3.27. The Morgan fingerprint density at radius 2 is 1.84 bits per heavy atom. The Morgan fingerprint density at radius 1 is 1.04 bits per heavy atom. The van der Waals surface area contributed by atoms with Gasteiger partial charge >= 0.3 is 0 Å². The third-order valence-electron chi connectivity index (χ3n) is 3.38. The van der Waals surface area contributed by atoms with Gasteiger partial charge in [0, 0.05) is 5.38 Å². The molecule has 0 aliphatic carbocycles. The highest BCUT2D eigenvalue weighted by molar-refractivity contribution is 7.22. The summed E-state index contributed by atoms with van der Waals surface area (Å²) in [5, 5.41) is 6.03. The van der Waals surface area contributed by atoms with Gasteiger partial charge in [0.15, 0.2) is 11.7 Å². The van der Waals surface area contributed by atoms with Crippen molar-refractivity contribution in [2.75, 3.05) is 11.9 Å². The van der Waals surface area contributed by atoms with Crippen LogP contribution in [0, 0.1) is 0 Å². The zero-order chi connectivity index (χ0) is 17.1. The molecular formula is C18H13N3O2S2. The number of thiazole rings is 2. The number of nitrogens with one attached hydrogen (secondary N) is 1. The number of hydrogen-bond acceptors (Lipinski definition) is 6. The minimum absolute atomic E-state index is 0.0555. The first-order valence-electron chi connectivity index (χ1n) is 7.57. The third kappa shape index (κ3) is 3.67. The summed E-state index contributed by atoms with van der Waals surface area (Å²) in [7, 11) is 0. The van der Waals surface area contributed by atoms with Gasteiger partial charge in [-0.15, -0.1) is 22.7 Å². The quantitative estimate of drug-likeness (QED) is 0.566. The molecule has 4 aromatic rings. The van der Waals surface area contributed by atoms with E-state index in [9.17, 15) is 4.79 Å². The van der Waals surface area contributed by atoms with Crippen LogP contribution >= 0.6 is 22.7 Å². The van der Waals surface area contributed by atoms with Crippen LogP contribution in [0.25, 0.3) is 20.9 Å². The Kier molecular flexibility index (Phi) is 4.41. The van der Waals surface area contributed by atoms with Crippen molar-refractivity contribution in [1.29, 1.82) is 0 Å². The van der Waals surface area contributed by atoms with Crippen LogP contribution in [0.3, 0.4) is 0 Å². The van der Waals surface area contributed by atoms with Gasteiger partial charge in [0.2, 0.25) is 0 Å². The molecule has 0 bridgehead atoms. The van der Waals surface area contributed by atoms with E-state index in [-0.39, 0.29) is 12.5 Å². The van der Waals surface area contributed by atoms with Crippen LogP contribution in [-0.2, 0) is 4.79 Å². The molecule has 124 valence electrons. The van der Waals surface area contributed by atoms with Crippen LogP contribution in [0.1, 0.15) is 0 Å². The lowest BCUT2D eigenvalue weighted by atomic mass is 10.3. The first kappa shape index (κ1) is 15.7. The molecule has 2 heterocycles. The summed E-state index contributed by atoms with van der Waals surface area (Å²) in [6.45, 7) is -0.0555. The number of fused-ring (bicyclic) bond motifs is 1. The van der Waals surface area contributed by atoms with E-state index >= 15 is 0 Å². The van der Waals surface area contributed by atoms with Crippen molar-refractivity contribution in [2.45, 2.75) is 0 Å². The van der Waals surface area contributed by atoms with Crippen LogP contribution in [0.5, 0.6) is 5.75 Å². The number of hydrogen-bond donors (Lipinski definition) is 1. The molecule has 2 aromatic carbocycles. The van der Waals surface area contributed by atoms with Crippen LogP contribution in [0.4, 0.5) is 5.13 Å². The molecule has 0 radical (unpaired) electrons. The molecule has 0 spiro atoms. The van der Waals surface area contributed by atoms with Gasteiger partial charge in [0.1, 0.15) is 16.5 Å². The van der Waals surface area contributed by atoms with E-state index in [4.69, 9.17) is 4.74 Å². The highest BCUT2D eigenvalue weighted by Gasteiger charge is 2.12. The largest absolute Gasteiger partial charge is 0.484 e. The molecule has 0 saturated heterocycles. The molecule has 0 saturated carbocycles. The Balaban J connectivity index is 1.41. The van der Waals surface area contributed by atoms with Gasteiger partial charge in [0.05, 0.1) is 10.2 Å². The van der Waals surface area contributed by atoms with Crippen molar-refractivity contribution in [3.05, 3.63) is 60.0 Å². The number of carbonyl (C=O) groups excluding carboxylic acids is 1. The molecule has 2 aromatic heterocycles. The van der Waals surface area contributed by atoms with E-state index in [0.717, 1.165) is 20.9 Å². The lowest BCUT2D eigenvalue weighted by Crippen LogP contribution is -2.19. The molecule has 5 nitrogen and oxygen atoms in total. The van der Waals surface area contributed by atoms with Crippen LogP contribution in [0.15, 0.2) is 60.0 Å². The van der Waals surface area contributed by atoms with Crippen LogP contribution in [-0.4, -0.2) is 22.5 Å². The minimum Gasteiger partial charge on any atom is -0.484 e. The standard InChI is InChI=1S/C18H13N3O2S2/c22-16(10-23-12-6-2-1-3-7-12)21-18-20-14(11-24-18)17-19-13-8-4-5-9-15(13)25-17/h1-9,11H,10H2,(H,20,21,22). The maximum absolute atomic E-state index is 12.0. The van der Waals surface area contributed by atoms with Gasteiger partial charge in [-0.1, -0.05) is 30.3 Å². The van der Waals surface area contributed by atoms with Crippen molar-refractivity contribution in [1.82, 2.24) is 9.97 Å². The number of para-hydroxylation sites is 2. The lowest BCUT2D eigenvalue weighted by molar-refractivity contribution is -0.118. The van der Waals surface area contributed by atoms with Crippen molar-refractivity contribution in [3.8, 4) is 16.5 Å². The number of nitrogens with zero attached hydrogens (tertiary/aromatic N) is 2. The fourth-order valence-electron chi connectivity index (χ4n) is 2.23. The number of carbonyl (C=O) groups is 1. The van der Waals surface area contributed by atoms with Crippen LogP contribution in [0.2, 0.25) is 0 Å². The molecule has 0 aliphatic heterocycles. The van der Waals surface area contributed by atoms with Crippen molar-refractivity contribution < 1.29 is 9.53 Å². The SMILES string of the molecule is O=C(COc1ccccc1)Nc1nc(-c2nc3ccccc3s2)cs1. The fourth-order valence-corrected chi connectivity index (χ4v) is 3.94. The normalized spacial score (nSPS) is 10.7. The summed E-state index contributed by atoms with van der Waals surface area (Å²) in [4.78, 5) is 21.0. The minimum atomic E-state index is -0.242. The molecule has 0 fully saturated rings. The zero-order valence-corrected chi connectivity index (χ0v) is 14.6. The maximum Gasteiger partial charge on any atom is 0.264 e. The molecule has 1 N–H and O–H groups in total.